The first-order chi connectivity index (χ1) is 19.1. The molecular weight excluding hydrogens is 564 g/mol. The molecule has 1 unspecified atom stereocenters. The maximum Gasteiger partial charge on any atom is 0.373 e. The number of likely N-dealkylation sites (N-methyl/N-ethyl adjacent to an activating group) is 1. The second kappa shape index (κ2) is 12.4. The van der Waals surface area contributed by atoms with Gasteiger partial charge in [-0.05, 0) is 30.2 Å². The monoisotopic (exact) mass is 590 g/mol. The molecule has 17 nitrogen and oxygen atoms in total. The van der Waals surface area contributed by atoms with Gasteiger partial charge in [-0.3, -0.25) is 19.7 Å². The van der Waals surface area contributed by atoms with Gasteiger partial charge in [0.25, 0.3) is 5.16 Å². The molecule has 0 radical (unpaired) electrons. The molecule has 41 heavy (non-hydrogen) atoms. The van der Waals surface area contributed by atoms with Gasteiger partial charge in [-0.1, -0.05) is 0 Å². The molecule has 0 bridgehead atoms. The Morgan fingerprint density at radius 2 is 1.95 bits per heavy atom. The Hall–Kier alpha value is -5.13. The van der Waals surface area contributed by atoms with Crippen molar-refractivity contribution in [2.24, 2.45) is 5.73 Å². The molecule has 3 rings (SSSR count). The summed E-state index contributed by atoms with van der Waals surface area (Å²) < 4.78 is 30.4. The van der Waals surface area contributed by atoms with Gasteiger partial charge in [0.1, 0.15) is 17.6 Å². The Bertz CT molecular complexity index is 1590. The number of imidazole rings is 1. The van der Waals surface area contributed by atoms with Crippen LogP contribution in [0.15, 0.2) is 35.7 Å². The standard InChI is InChI=1S/C23H26N8O9S/c1-30(2)17(33)10-12-8-13(19-25-6-7-26-19)11-14(9-12)40-21-18(31(36)37)20(28-23(29-21)41(3,38)39)27-15(22(34)35)4-5-16(24)32/h6-9,11,15H,4-5,10H2,1-3H3,(H2,24,32)(H,25,26)(H,34,35)(H,27,28,29). The Morgan fingerprint density at radius 1 is 1.24 bits per heavy atom. The normalized spacial score (nSPS) is 11.9. The van der Waals surface area contributed by atoms with Gasteiger partial charge in [-0.2, -0.15) is 9.97 Å². The highest BCUT2D eigenvalue weighted by Crippen LogP contribution is 2.37. The van der Waals surface area contributed by atoms with E-state index in [1.165, 1.54) is 23.2 Å². The number of H-pyrrole nitrogens is 1. The second-order valence-electron chi connectivity index (χ2n) is 8.95. The summed E-state index contributed by atoms with van der Waals surface area (Å²) in [7, 11) is -1.06. The molecule has 218 valence electrons. The van der Waals surface area contributed by atoms with E-state index in [2.05, 4.69) is 25.3 Å². The van der Waals surface area contributed by atoms with E-state index < -0.39 is 55.2 Å². The van der Waals surface area contributed by atoms with Crippen LogP contribution in [0.25, 0.3) is 11.4 Å². The zero-order valence-corrected chi connectivity index (χ0v) is 22.8. The van der Waals surface area contributed by atoms with Gasteiger partial charge in [0.05, 0.1) is 11.3 Å². The fourth-order valence-corrected chi connectivity index (χ4v) is 3.96. The van der Waals surface area contributed by atoms with E-state index in [4.69, 9.17) is 10.5 Å². The molecule has 18 heteroatoms. The van der Waals surface area contributed by atoms with Gasteiger partial charge in [0, 0.05) is 44.7 Å². The first kappa shape index (κ1) is 30.4. The lowest BCUT2D eigenvalue weighted by molar-refractivity contribution is -0.385. The number of amides is 2. The third-order valence-electron chi connectivity index (χ3n) is 5.44. The number of aromatic amines is 1. The molecule has 1 atom stereocenters. The largest absolute Gasteiger partial charge is 0.480 e. The van der Waals surface area contributed by atoms with Gasteiger partial charge in [0.15, 0.2) is 0 Å². The molecule has 2 heterocycles. The number of carboxylic acids is 1. The maximum atomic E-state index is 12.4. The molecule has 0 aliphatic carbocycles. The van der Waals surface area contributed by atoms with Gasteiger partial charge in [0.2, 0.25) is 27.5 Å². The van der Waals surface area contributed by atoms with Crippen molar-refractivity contribution < 1.29 is 37.6 Å². The Labute approximate surface area is 232 Å². The van der Waals surface area contributed by atoms with Gasteiger partial charge in [-0.15, -0.1) is 0 Å². The van der Waals surface area contributed by atoms with E-state index in [-0.39, 0.29) is 30.9 Å². The summed E-state index contributed by atoms with van der Waals surface area (Å²) in [6, 6.07) is 2.86. The Morgan fingerprint density at radius 3 is 2.49 bits per heavy atom. The van der Waals surface area contributed by atoms with Crippen molar-refractivity contribution in [3.05, 3.63) is 46.3 Å². The lowest BCUT2D eigenvalue weighted by Gasteiger charge is -2.16. The van der Waals surface area contributed by atoms with E-state index in [1.54, 1.807) is 26.4 Å². The fraction of sp³-hybridized carbons (Fsp3) is 0.304. The summed E-state index contributed by atoms with van der Waals surface area (Å²) in [4.78, 5) is 62.3. The zero-order chi connectivity index (χ0) is 30.5. The van der Waals surface area contributed by atoms with Gasteiger partial charge >= 0.3 is 17.5 Å². The molecule has 5 N–H and O–H groups in total. The predicted molar refractivity (Wildman–Crippen MR) is 142 cm³/mol. The number of hydrogen-bond acceptors (Lipinski definition) is 12. The van der Waals surface area contributed by atoms with Crippen molar-refractivity contribution in [1.82, 2.24) is 24.8 Å². The fourth-order valence-electron chi connectivity index (χ4n) is 3.45. The van der Waals surface area contributed by atoms with E-state index in [9.17, 15) is 38.0 Å². The minimum atomic E-state index is -4.19. The lowest BCUT2D eigenvalue weighted by Crippen LogP contribution is -2.31. The van der Waals surface area contributed by atoms with E-state index >= 15 is 0 Å². The number of hydrogen-bond donors (Lipinski definition) is 4. The summed E-state index contributed by atoms with van der Waals surface area (Å²) in [6.07, 6.45) is 2.92. The number of nitrogens with two attached hydrogens (primary N) is 1. The van der Waals surface area contributed by atoms with Crippen LogP contribution >= 0.6 is 0 Å². The summed E-state index contributed by atoms with van der Waals surface area (Å²) in [5, 5.41) is 23.1. The molecule has 2 aromatic heterocycles. The van der Waals surface area contributed by atoms with Crippen LogP contribution in [0.2, 0.25) is 0 Å². The highest BCUT2D eigenvalue weighted by atomic mass is 32.2. The van der Waals surface area contributed by atoms with Crippen LogP contribution in [0.4, 0.5) is 11.5 Å². The number of carbonyl (C=O) groups excluding carboxylic acids is 2. The number of rotatable bonds is 13. The summed E-state index contributed by atoms with van der Waals surface area (Å²) in [5.41, 5.74) is 4.98. The molecule has 0 aliphatic heterocycles. The molecule has 0 saturated heterocycles. The van der Waals surface area contributed by atoms with Crippen LogP contribution in [-0.2, 0) is 30.6 Å². The number of carbonyl (C=O) groups is 3. The highest BCUT2D eigenvalue weighted by Gasteiger charge is 2.32. The van der Waals surface area contributed by atoms with Crippen LogP contribution in [0.5, 0.6) is 11.6 Å². The summed E-state index contributed by atoms with van der Waals surface area (Å²) in [6.45, 7) is 0. The second-order valence-corrected chi connectivity index (χ2v) is 10.9. The number of aromatic nitrogens is 4. The maximum absolute atomic E-state index is 12.4. The Balaban J connectivity index is 2.18. The highest BCUT2D eigenvalue weighted by molar-refractivity contribution is 7.90. The molecule has 2 amide bonds. The number of anilines is 1. The van der Waals surface area contributed by atoms with Crippen molar-refractivity contribution >= 4 is 39.1 Å². The third kappa shape index (κ3) is 7.94. The number of nitrogens with one attached hydrogen (secondary N) is 2. The van der Waals surface area contributed by atoms with Crippen LogP contribution in [0.3, 0.4) is 0 Å². The van der Waals surface area contributed by atoms with Crippen molar-refractivity contribution in [2.75, 3.05) is 25.7 Å². The van der Waals surface area contributed by atoms with Crippen LogP contribution < -0.4 is 15.8 Å². The number of aliphatic carboxylic acids is 1. The number of carboxylic acid groups (broad SMARTS) is 1. The van der Waals surface area contributed by atoms with Crippen LogP contribution in [-0.4, -0.2) is 87.5 Å². The van der Waals surface area contributed by atoms with Crippen molar-refractivity contribution in [3.8, 4) is 23.0 Å². The molecule has 0 aliphatic rings. The number of benzene rings is 1. The molecular formula is C23H26N8O9S. The first-order valence-corrected chi connectivity index (χ1v) is 13.6. The van der Waals surface area contributed by atoms with Gasteiger partial charge < -0.3 is 30.8 Å². The van der Waals surface area contributed by atoms with Crippen molar-refractivity contribution in [1.29, 1.82) is 0 Å². The average Bonchev–Trinajstić information content (AvgIpc) is 3.40. The number of primary amides is 1. The smallest absolute Gasteiger partial charge is 0.373 e. The predicted octanol–water partition coefficient (Wildman–Crippen LogP) is 0.732. The summed E-state index contributed by atoms with van der Waals surface area (Å²) >= 11 is 0. The SMILES string of the molecule is CN(C)C(=O)Cc1cc(Oc2nc(S(C)(=O)=O)nc(NC(CCC(N)=O)C(=O)O)c2[N+](=O)[O-])cc(-c2ncc[nH]2)c1. The zero-order valence-electron chi connectivity index (χ0n) is 22.0. The van der Waals surface area contributed by atoms with E-state index in [0.29, 0.717) is 17.0 Å². The van der Waals surface area contributed by atoms with Crippen LogP contribution in [0, 0.1) is 10.1 Å². The number of nitrogens with zero attached hydrogens (tertiary/aromatic N) is 5. The number of nitro groups is 1. The van der Waals surface area contributed by atoms with Gasteiger partial charge in [-0.25, -0.2) is 18.2 Å². The topological polar surface area (TPSA) is 254 Å². The van der Waals surface area contributed by atoms with Crippen LogP contribution in [0.1, 0.15) is 18.4 Å². The van der Waals surface area contributed by atoms with E-state index in [1.807, 2.05) is 0 Å². The van der Waals surface area contributed by atoms with E-state index in [0.717, 1.165) is 6.26 Å². The minimum Gasteiger partial charge on any atom is -0.480 e. The molecule has 3 aromatic rings. The first-order valence-electron chi connectivity index (χ1n) is 11.7. The summed E-state index contributed by atoms with van der Waals surface area (Å²) in [5.74, 6) is -3.89. The lowest BCUT2D eigenvalue weighted by atomic mass is 10.1. The molecule has 0 fully saturated rings. The number of ether oxygens (including phenoxy) is 1. The van der Waals surface area contributed by atoms with Crippen molar-refractivity contribution in [3.63, 3.8) is 0 Å². The van der Waals surface area contributed by atoms with Crippen molar-refractivity contribution in [2.45, 2.75) is 30.5 Å². The number of sulfone groups is 1. The quantitative estimate of drug-likeness (QED) is 0.122. The molecule has 0 spiro atoms. The third-order valence-corrected chi connectivity index (χ3v) is 6.29. The molecule has 0 saturated carbocycles. The average molecular weight is 591 g/mol. The minimum absolute atomic E-state index is 0.0730. The Kier molecular flexibility index (Phi) is 9.17. The molecule has 1 aromatic carbocycles.